The molecule has 4 aromatic rings. The second kappa shape index (κ2) is 8.79. The van der Waals surface area contributed by atoms with Crippen molar-refractivity contribution in [2.45, 2.75) is 6.54 Å². The van der Waals surface area contributed by atoms with E-state index in [-0.39, 0.29) is 11.8 Å². The minimum absolute atomic E-state index is 0.0488. The smallest absolute Gasteiger partial charge is 0.253 e. The standard InChI is InChI=1S/C26H23N3O2/c1-29(2)26(31)20-14-12-18(13-15-20)17-27-25(30)22-16-24(19-8-4-3-5-9-19)28-23-11-7-6-10-21(22)23/h3-16H,17H2,1-2H3,(H,27,30). The summed E-state index contributed by atoms with van der Waals surface area (Å²) in [6.45, 7) is 0.368. The van der Waals surface area contributed by atoms with Gasteiger partial charge in [0, 0.05) is 37.2 Å². The topological polar surface area (TPSA) is 62.3 Å². The van der Waals surface area contributed by atoms with E-state index in [4.69, 9.17) is 4.98 Å². The number of nitrogens with one attached hydrogen (secondary N) is 1. The summed E-state index contributed by atoms with van der Waals surface area (Å²) in [6.07, 6.45) is 0. The molecule has 1 N–H and O–H groups in total. The zero-order valence-corrected chi connectivity index (χ0v) is 17.5. The number of carbonyl (C=O) groups excluding carboxylic acids is 2. The summed E-state index contributed by atoms with van der Waals surface area (Å²) in [5, 5.41) is 3.81. The third-order valence-corrected chi connectivity index (χ3v) is 5.09. The van der Waals surface area contributed by atoms with Crippen LogP contribution in [0, 0.1) is 0 Å². The molecule has 0 saturated carbocycles. The molecule has 1 heterocycles. The van der Waals surface area contributed by atoms with Gasteiger partial charge in [0.15, 0.2) is 0 Å². The fourth-order valence-electron chi connectivity index (χ4n) is 3.42. The van der Waals surface area contributed by atoms with E-state index in [9.17, 15) is 9.59 Å². The van der Waals surface area contributed by atoms with Gasteiger partial charge in [-0.25, -0.2) is 4.98 Å². The Morgan fingerprint density at radius 1 is 0.871 bits per heavy atom. The first kappa shape index (κ1) is 20.3. The minimum Gasteiger partial charge on any atom is -0.348 e. The number of aromatic nitrogens is 1. The van der Waals surface area contributed by atoms with E-state index >= 15 is 0 Å². The van der Waals surface area contributed by atoms with Crippen molar-refractivity contribution < 1.29 is 9.59 Å². The van der Waals surface area contributed by atoms with Crippen molar-refractivity contribution in [3.05, 3.63) is 102 Å². The van der Waals surface area contributed by atoms with Gasteiger partial charge >= 0.3 is 0 Å². The van der Waals surface area contributed by atoms with Gasteiger partial charge < -0.3 is 10.2 Å². The summed E-state index contributed by atoms with van der Waals surface area (Å²) in [5.41, 5.74) is 4.63. The first-order valence-electron chi connectivity index (χ1n) is 10.1. The van der Waals surface area contributed by atoms with E-state index in [1.807, 2.05) is 72.8 Å². The molecule has 0 aliphatic heterocycles. The number of pyridine rings is 1. The predicted molar refractivity (Wildman–Crippen MR) is 123 cm³/mol. The molecule has 31 heavy (non-hydrogen) atoms. The molecule has 0 saturated heterocycles. The van der Waals surface area contributed by atoms with E-state index < -0.39 is 0 Å². The van der Waals surface area contributed by atoms with Gasteiger partial charge in [0.25, 0.3) is 11.8 Å². The maximum atomic E-state index is 13.1. The van der Waals surface area contributed by atoms with E-state index in [1.165, 1.54) is 4.90 Å². The SMILES string of the molecule is CN(C)C(=O)c1ccc(CNC(=O)c2cc(-c3ccccc3)nc3ccccc23)cc1. The first-order chi connectivity index (χ1) is 15.0. The Morgan fingerprint density at radius 2 is 1.55 bits per heavy atom. The molecule has 0 bridgehead atoms. The minimum atomic E-state index is -0.163. The highest BCUT2D eigenvalue weighted by Gasteiger charge is 2.14. The Kier molecular flexibility index (Phi) is 5.76. The van der Waals surface area contributed by atoms with E-state index in [0.29, 0.717) is 17.7 Å². The summed E-state index contributed by atoms with van der Waals surface area (Å²) in [5.74, 6) is -0.212. The molecule has 0 unspecified atom stereocenters. The fourth-order valence-corrected chi connectivity index (χ4v) is 3.42. The Morgan fingerprint density at radius 3 is 2.26 bits per heavy atom. The lowest BCUT2D eigenvalue weighted by Crippen LogP contribution is -2.24. The van der Waals surface area contributed by atoms with E-state index in [0.717, 1.165) is 27.7 Å². The van der Waals surface area contributed by atoms with Gasteiger partial charge in [-0.05, 0) is 29.8 Å². The molecule has 154 valence electrons. The van der Waals surface area contributed by atoms with Gasteiger partial charge in [-0.2, -0.15) is 0 Å². The van der Waals surface area contributed by atoms with Crippen LogP contribution in [0.2, 0.25) is 0 Å². The molecule has 0 atom stereocenters. The third-order valence-electron chi connectivity index (χ3n) is 5.09. The van der Waals surface area contributed by atoms with Gasteiger partial charge in [0.2, 0.25) is 0 Å². The Bertz CT molecular complexity index is 1230. The first-order valence-corrected chi connectivity index (χ1v) is 10.1. The van der Waals surface area contributed by atoms with E-state index in [2.05, 4.69) is 5.32 Å². The van der Waals surface area contributed by atoms with Crippen LogP contribution in [0.3, 0.4) is 0 Å². The highest BCUT2D eigenvalue weighted by Crippen LogP contribution is 2.24. The number of hydrogen-bond acceptors (Lipinski definition) is 3. The summed E-state index contributed by atoms with van der Waals surface area (Å²) < 4.78 is 0. The van der Waals surface area contributed by atoms with Crippen molar-refractivity contribution in [1.82, 2.24) is 15.2 Å². The highest BCUT2D eigenvalue weighted by molar-refractivity contribution is 6.07. The molecule has 5 heteroatoms. The number of hydrogen-bond donors (Lipinski definition) is 1. The Hall–Kier alpha value is -3.99. The van der Waals surface area contributed by atoms with Crippen molar-refractivity contribution in [1.29, 1.82) is 0 Å². The van der Waals surface area contributed by atoms with Gasteiger partial charge in [0.1, 0.15) is 0 Å². The number of amides is 2. The van der Waals surface area contributed by atoms with Crippen molar-refractivity contribution in [2.75, 3.05) is 14.1 Å². The van der Waals surface area contributed by atoms with Crippen LogP contribution in [-0.4, -0.2) is 35.8 Å². The largest absolute Gasteiger partial charge is 0.348 e. The number of nitrogens with zero attached hydrogens (tertiary/aromatic N) is 2. The predicted octanol–water partition coefficient (Wildman–Crippen LogP) is 4.53. The van der Waals surface area contributed by atoms with Crippen molar-refractivity contribution in [2.24, 2.45) is 0 Å². The Labute approximate surface area is 181 Å². The van der Waals surface area contributed by atoms with Gasteiger partial charge in [0.05, 0.1) is 16.8 Å². The normalized spacial score (nSPS) is 10.6. The van der Waals surface area contributed by atoms with Crippen LogP contribution in [0.5, 0.6) is 0 Å². The summed E-state index contributed by atoms with van der Waals surface area (Å²) in [4.78, 5) is 31.4. The van der Waals surface area contributed by atoms with Crippen molar-refractivity contribution in [3.63, 3.8) is 0 Å². The quantitative estimate of drug-likeness (QED) is 0.527. The maximum absolute atomic E-state index is 13.1. The molecule has 0 fully saturated rings. The second-order valence-corrected chi connectivity index (χ2v) is 7.52. The number of rotatable bonds is 5. The molecule has 2 amide bonds. The molecular formula is C26H23N3O2. The molecule has 0 aliphatic carbocycles. The van der Waals surface area contributed by atoms with Crippen LogP contribution < -0.4 is 5.32 Å². The lowest BCUT2D eigenvalue weighted by atomic mass is 10.0. The summed E-state index contributed by atoms with van der Waals surface area (Å²) >= 11 is 0. The average molecular weight is 409 g/mol. The van der Waals surface area contributed by atoms with Crippen LogP contribution in [0.25, 0.3) is 22.2 Å². The average Bonchev–Trinajstić information content (AvgIpc) is 2.82. The third kappa shape index (κ3) is 4.46. The summed E-state index contributed by atoms with van der Waals surface area (Å²) in [7, 11) is 3.44. The van der Waals surface area contributed by atoms with Crippen LogP contribution in [-0.2, 0) is 6.54 Å². The molecule has 3 aromatic carbocycles. The molecule has 0 spiro atoms. The van der Waals surface area contributed by atoms with Crippen LogP contribution in [0.15, 0.2) is 84.9 Å². The zero-order chi connectivity index (χ0) is 21.8. The van der Waals surface area contributed by atoms with Gasteiger partial charge in [-0.1, -0.05) is 60.7 Å². The Balaban J connectivity index is 1.58. The van der Waals surface area contributed by atoms with Gasteiger partial charge in [-0.15, -0.1) is 0 Å². The van der Waals surface area contributed by atoms with Crippen LogP contribution in [0.4, 0.5) is 0 Å². The molecular weight excluding hydrogens is 386 g/mol. The van der Waals surface area contributed by atoms with E-state index in [1.54, 1.807) is 26.2 Å². The van der Waals surface area contributed by atoms with Gasteiger partial charge in [-0.3, -0.25) is 9.59 Å². The monoisotopic (exact) mass is 409 g/mol. The lowest BCUT2D eigenvalue weighted by molar-refractivity contribution is 0.0827. The van der Waals surface area contributed by atoms with Crippen LogP contribution >= 0.6 is 0 Å². The maximum Gasteiger partial charge on any atom is 0.253 e. The molecule has 0 aliphatic rings. The molecule has 4 rings (SSSR count). The van der Waals surface area contributed by atoms with Crippen molar-refractivity contribution in [3.8, 4) is 11.3 Å². The number of para-hydroxylation sites is 1. The van der Waals surface area contributed by atoms with Crippen LogP contribution in [0.1, 0.15) is 26.3 Å². The highest BCUT2D eigenvalue weighted by atomic mass is 16.2. The number of carbonyl (C=O) groups is 2. The fraction of sp³-hybridized carbons (Fsp3) is 0.115. The molecule has 1 aromatic heterocycles. The summed E-state index contributed by atoms with van der Waals surface area (Å²) in [6, 6.07) is 26.6. The number of benzene rings is 3. The molecule has 0 radical (unpaired) electrons. The second-order valence-electron chi connectivity index (χ2n) is 7.52. The zero-order valence-electron chi connectivity index (χ0n) is 17.5. The van der Waals surface area contributed by atoms with Crippen molar-refractivity contribution >= 4 is 22.7 Å². The number of fused-ring (bicyclic) bond motifs is 1. The lowest BCUT2D eigenvalue weighted by Gasteiger charge is -2.12. The molecule has 5 nitrogen and oxygen atoms in total.